The fourth-order valence-corrected chi connectivity index (χ4v) is 3.07. The van der Waals surface area contributed by atoms with Crippen molar-refractivity contribution < 1.29 is 4.79 Å². The maximum atomic E-state index is 11.8. The molecule has 2 heterocycles. The normalized spacial score (nSPS) is 14.2. The minimum Gasteiger partial charge on any atom is -0.357 e. The zero-order valence-electron chi connectivity index (χ0n) is 15.9. The molecule has 0 bridgehead atoms. The molecule has 7 heteroatoms. The lowest BCUT2D eigenvalue weighted by Gasteiger charge is -2.16. The Labute approximate surface area is 178 Å². The Balaban J connectivity index is 0.00000261. The van der Waals surface area contributed by atoms with Crippen molar-refractivity contribution in [3.63, 3.8) is 0 Å². The number of rotatable bonds is 6. The predicted octanol–water partition coefficient (Wildman–Crippen LogP) is 3.03. The summed E-state index contributed by atoms with van der Waals surface area (Å²) in [5, 5.41) is 6.63. The van der Waals surface area contributed by atoms with Gasteiger partial charge in [0, 0.05) is 51.2 Å². The van der Waals surface area contributed by atoms with E-state index >= 15 is 0 Å². The number of aryl methyl sites for hydroxylation is 1. The smallest absolute Gasteiger partial charge is 0.227 e. The van der Waals surface area contributed by atoms with E-state index in [1.54, 1.807) is 0 Å². The second-order valence-electron chi connectivity index (χ2n) is 6.55. The van der Waals surface area contributed by atoms with Crippen LogP contribution < -0.4 is 15.5 Å². The summed E-state index contributed by atoms with van der Waals surface area (Å²) < 4.78 is 2.03. The molecule has 2 aromatic rings. The molecule has 1 aromatic carbocycles. The van der Waals surface area contributed by atoms with Gasteiger partial charge in [-0.3, -0.25) is 4.79 Å². The van der Waals surface area contributed by atoms with Crippen molar-refractivity contribution in [1.29, 1.82) is 0 Å². The van der Waals surface area contributed by atoms with Crippen LogP contribution in [0.25, 0.3) is 0 Å². The maximum absolute atomic E-state index is 11.8. The molecule has 0 unspecified atom stereocenters. The molecule has 1 aliphatic heterocycles. The summed E-state index contributed by atoms with van der Waals surface area (Å²) in [7, 11) is 2.01. The fourth-order valence-electron chi connectivity index (χ4n) is 3.07. The van der Waals surface area contributed by atoms with Crippen LogP contribution in [-0.2, 0) is 24.9 Å². The highest BCUT2D eigenvalue weighted by molar-refractivity contribution is 14.0. The summed E-state index contributed by atoms with van der Waals surface area (Å²) in [4.78, 5) is 18.3. The number of aliphatic imine (C=N–C) groups is 1. The largest absolute Gasteiger partial charge is 0.357 e. The Morgan fingerprint density at radius 3 is 2.52 bits per heavy atom. The lowest BCUT2D eigenvalue weighted by molar-refractivity contribution is -0.117. The summed E-state index contributed by atoms with van der Waals surface area (Å²) in [6, 6.07) is 10.2. The Bertz CT molecular complexity index is 769. The first kappa shape index (κ1) is 21.3. The van der Waals surface area contributed by atoms with Gasteiger partial charge in [-0.15, -0.1) is 24.0 Å². The van der Waals surface area contributed by atoms with Crippen LogP contribution in [0.4, 0.5) is 5.69 Å². The second-order valence-corrected chi connectivity index (χ2v) is 6.55. The highest BCUT2D eigenvalue weighted by Crippen LogP contribution is 2.21. The number of anilines is 1. The molecule has 0 saturated carbocycles. The summed E-state index contributed by atoms with van der Waals surface area (Å²) in [5.41, 5.74) is 3.33. The number of nitrogens with one attached hydrogen (secondary N) is 2. The third-order valence-corrected chi connectivity index (χ3v) is 4.44. The van der Waals surface area contributed by atoms with Crippen molar-refractivity contribution in [3.05, 3.63) is 53.9 Å². The fraction of sp³-hybridized carbons (Fsp3) is 0.400. The molecule has 6 nitrogen and oxygen atoms in total. The number of benzene rings is 1. The van der Waals surface area contributed by atoms with Crippen LogP contribution in [0.5, 0.6) is 0 Å². The molecule has 1 fully saturated rings. The first-order valence-electron chi connectivity index (χ1n) is 9.18. The van der Waals surface area contributed by atoms with Gasteiger partial charge in [0.1, 0.15) is 0 Å². The number of hydrogen-bond donors (Lipinski definition) is 2. The van der Waals surface area contributed by atoms with Crippen LogP contribution in [0.15, 0.2) is 47.7 Å². The lowest BCUT2D eigenvalue weighted by atomic mass is 10.2. The van der Waals surface area contributed by atoms with Crippen molar-refractivity contribution in [2.75, 3.05) is 18.0 Å². The van der Waals surface area contributed by atoms with Crippen LogP contribution >= 0.6 is 24.0 Å². The van der Waals surface area contributed by atoms with Gasteiger partial charge in [0.25, 0.3) is 0 Å². The number of halogens is 1. The van der Waals surface area contributed by atoms with E-state index in [2.05, 4.69) is 46.9 Å². The predicted molar refractivity (Wildman–Crippen MR) is 121 cm³/mol. The molecule has 0 aliphatic carbocycles. The van der Waals surface area contributed by atoms with E-state index in [1.165, 1.54) is 5.56 Å². The van der Waals surface area contributed by atoms with Crippen molar-refractivity contribution in [2.24, 2.45) is 12.0 Å². The molecule has 27 heavy (non-hydrogen) atoms. The van der Waals surface area contributed by atoms with E-state index in [1.807, 2.05) is 34.8 Å². The average Bonchev–Trinajstić information content (AvgIpc) is 3.26. The van der Waals surface area contributed by atoms with Gasteiger partial charge in [-0.1, -0.05) is 12.1 Å². The van der Waals surface area contributed by atoms with Gasteiger partial charge in [-0.05, 0) is 42.7 Å². The summed E-state index contributed by atoms with van der Waals surface area (Å²) in [5.74, 6) is 1.02. The third kappa shape index (κ3) is 5.98. The highest BCUT2D eigenvalue weighted by atomic mass is 127. The Hall–Kier alpha value is -2.03. The zero-order valence-corrected chi connectivity index (χ0v) is 18.3. The molecule has 0 atom stereocenters. The zero-order chi connectivity index (χ0) is 18.4. The molecule has 1 saturated heterocycles. The van der Waals surface area contributed by atoms with Gasteiger partial charge in [0.2, 0.25) is 5.91 Å². The minimum absolute atomic E-state index is 0. The van der Waals surface area contributed by atoms with Crippen LogP contribution in [0, 0.1) is 0 Å². The lowest BCUT2D eigenvalue weighted by Crippen LogP contribution is -2.36. The first-order chi connectivity index (χ1) is 12.7. The van der Waals surface area contributed by atoms with Crippen molar-refractivity contribution in [1.82, 2.24) is 15.2 Å². The first-order valence-corrected chi connectivity index (χ1v) is 9.18. The van der Waals surface area contributed by atoms with Crippen LogP contribution in [0.2, 0.25) is 0 Å². The molecular weight excluding hydrogens is 453 g/mol. The monoisotopic (exact) mass is 481 g/mol. The Morgan fingerprint density at radius 1 is 1.15 bits per heavy atom. The second kappa shape index (κ2) is 10.3. The van der Waals surface area contributed by atoms with E-state index < -0.39 is 0 Å². The maximum Gasteiger partial charge on any atom is 0.227 e. The van der Waals surface area contributed by atoms with Gasteiger partial charge in [0.05, 0.1) is 6.54 Å². The third-order valence-electron chi connectivity index (χ3n) is 4.44. The number of hydrogen-bond acceptors (Lipinski definition) is 2. The molecule has 1 aliphatic rings. The number of amides is 1. The number of carbonyl (C=O) groups is 1. The standard InChI is InChI=1S/C20H27N5O.HI/c1-3-21-20(23-14-17-10-12-24(2)15-17)22-13-16-6-8-18(9-7-16)25-11-4-5-19(25)26;/h6-10,12,15H,3-5,11,13-14H2,1-2H3,(H2,21,22,23);1H. The molecule has 0 spiro atoms. The minimum atomic E-state index is 0. The van der Waals surface area contributed by atoms with Gasteiger partial charge in [-0.2, -0.15) is 0 Å². The molecule has 146 valence electrons. The SMILES string of the molecule is CCNC(=NCc1ccn(C)c1)NCc1ccc(N2CCCC2=O)cc1.I. The van der Waals surface area contributed by atoms with Gasteiger partial charge in [-0.25, -0.2) is 4.99 Å². The van der Waals surface area contributed by atoms with E-state index in [-0.39, 0.29) is 29.9 Å². The highest BCUT2D eigenvalue weighted by Gasteiger charge is 2.21. The molecule has 3 rings (SSSR count). The number of guanidine groups is 1. The summed E-state index contributed by atoms with van der Waals surface area (Å²) in [6.45, 7) is 5.03. The van der Waals surface area contributed by atoms with E-state index in [4.69, 9.17) is 0 Å². The molecule has 0 radical (unpaired) electrons. The van der Waals surface area contributed by atoms with Crippen molar-refractivity contribution in [2.45, 2.75) is 32.9 Å². The Morgan fingerprint density at radius 2 is 1.93 bits per heavy atom. The van der Waals surface area contributed by atoms with Crippen LogP contribution in [-0.4, -0.2) is 29.5 Å². The van der Waals surface area contributed by atoms with E-state index in [0.29, 0.717) is 19.5 Å². The van der Waals surface area contributed by atoms with Crippen LogP contribution in [0.3, 0.4) is 0 Å². The number of carbonyl (C=O) groups excluding carboxylic acids is 1. The van der Waals surface area contributed by atoms with Gasteiger partial charge in [0.15, 0.2) is 5.96 Å². The van der Waals surface area contributed by atoms with E-state index in [0.717, 1.165) is 36.7 Å². The quantitative estimate of drug-likeness (QED) is 0.379. The number of aromatic nitrogens is 1. The van der Waals surface area contributed by atoms with Crippen LogP contribution in [0.1, 0.15) is 30.9 Å². The molecule has 1 amide bonds. The number of nitrogens with zero attached hydrogens (tertiary/aromatic N) is 3. The summed E-state index contributed by atoms with van der Waals surface area (Å²) in [6.07, 6.45) is 5.71. The average molecular weight is 481 g/mol. The molecule has 1 aromatic heterocycles. The van der Waals surface area contributed by atoms with Gasteiger partial charge < -0.3 is 20.1 Å². The van der Waals surface area contributed by atoms with E-state index in [9.17, 15) is 4.79 Å². The summed E-state index contributed by atoms with van der Waals surface area (Å²) >= 11 is 0. The van der Waals surface area contributed by atoms with Crippen molar-refractivity contribution in [3.8, 4) is 0 Å². The Kier molecular flexibility index (Phi) is 8.15. The van der Waals surface area contributed by atoms with Gasteiger partial charge >= 0.3 is 0 Å². The molecular formula is C20H28IN5O. The van der Waals surface area contributed by atoms with Crippen molar-refractivity contribution >= 4 is 41.5 Å². The topological polar surface area (TPSA) is 61.7 Å². The molecule has 2 N–H and O–H groups in total.